The molecule has 0 spiro atoms. The van der Waals surface area contributed by atoms with Crippen LogP contribution >= 0.6 is 23.4 Å². The van der Waals surface area contributed by atoms with Gasteiger partial charge in [0.2, 0.25) is 5.75 Å². The number of halogens is 1. The number of nitrogens with zero attached hydrogens (tertiary/aromatic N) is 1. The summed E-state index contributed by atoms with van der Waals surface area (Å²) in [7, 11) is 1.39. The molecule has 0 aliphatic carbocycles. The Hall–Kier alpha value is -3.36. The van der Waals surface area contributed by atoms with E-state index in [9.17, 15) is 14.4 Å². The van der Waals surface area contributed by atoms with E-state index < -0.39 is 29.7 Å². The lowest BCUT2D eigenvalue weighted by atomic mass is 10.0. The molecule has 0 fully saturated rings. The smallest absolute Gasteiger partial charge is 0.309 e. The second-order valence-electron chi connectivity index (χ2n) is 8.36. The van der Waals surface area contributed by atoms with Crippen LogP contribution in [0.2, 0.25) is 5.02 Å². The zero-order valence-corrected chi connectivity index (χ0v) is 22.5. The molecule has 3 aromatic rings. The van der Waals surface area contributed by atoms with Crippen LogP contribution in [0.25, 0.3) is 0 Å². The van der Waals surface area contributed by atoms with Crippen molar-refractivity contribution in [2.45, 2.75) is 43.4 Å². The van der Waals surface area contributed by atoms with Gasteiger partial charge in [0.15, 0.2) is 17.2 Å². The SMILES string of the molecule is COc1ccnc(C(=O)C[C@@H](C)C(=O)O[C@@H](C)[C@H](Sc2cccc(Cl)c2)c2ccccc2)c1OC(C)=O. The first kappa shape index (κ1) is 28.2. The molecule has 1 heterocycles. The van der Waals surface area contributed by atoms with Crippen LogP contribution in [0.15, 0.2) is 71.8 Å². The second kappa shape index (κ2) is 13.3. The Kier molecular flexibility index (Phi) is 10.1. The number of Topliss-reactive ketones (excluding diaryl/α,β-unsaturated/α-hetero) is 1. The Morgan fingerprint density at radius 1 is 1.03 bits per heavy atom. The predicted molar refractivity (Wildman–Crippen MR) is 142 cm³/mol. The molecule has 0 unspecified atom stereocenters. The summed E-state index contributed by atoms with van der Waals surface area (Å²) in [5.74, 6) is -2.25. The highest BCUT2D eigenvalue weighted by atomic mass is 35.5. The molecule has 3 rings (SSSR count). The van der Waals surface area contributed by atoms with Crippen molar-refractivity contribution in [2.24, 2.45) is 5.92 Å². The highest BCUT2D eigenvalue weighted by Crippen LogP contribution is 2.40. The number of carbonyl (C=O) groups is 3. The molecule has 0 aliphatic heterocycles. The van der Waals surface area contributed by atoms with Crippen molar-refractivity contribution < 1.29 is 28.6 Å². The third-order valence-electron chi connectivity index (χ3n) is 5.41. The van der Waals surface area contributed by atoms with Crippen LogP contribution in [0.1, 0.15) is 48.5 Å². The van der Waals surface area contributed by atoms with E-state index in [4.69, 9.17) is 25.8 Å². The van der Waals surface area contributed by atoms with Crippen molar-refractivity contribution in [2.75, 3.05) is 7.11 Å². The maximum absolute atomic E-state index is 13.0. The molecule has 0 bridgehead atoms. The van der Waals surface area contributed by atoms with Gasteiger partial charge in [0, 0.05) is 35.5 Å². The van der Waals surface area contributed by atoms with Crippen molar-refractivity contribution >= 4 is 41.1 Å². The molecule has 1 aromatic heterocycles. The van der Waals surface area contributed by atoms with E-state index in [0.29, 0.717) is 5.02 Å². The lowest BCUT2D eigenvalue weighted by Crippen LogP contribution is -2.26. The number of esters is 2. The maximum Gasteiger partial charge on any atom is 0.309 e. The maximum atomic E-state index is 13.0. The quantitative estimate of drug-likeness (QED) is 0.158. The van der Waals surface area contributed by atoms with Crippen molar-refractivity contribution in [3.8, 4) is 11.5 Å². The summed E-state index contributed by atoms with van der Waals surface area (Å²) < 4.78 is 16.2. The number of aromatic nitrogens is 1. The molecule has 0 saturated heterocycles. The minimum Gasteiger partial charge on any atom is -0.493 e. The minimum absolute atomic E-state index is 0.0708. The zero-order chi connectivity index (χ0) is 26.9. The van der Waals surface area contributed by atoms with Crippen molar-refractivity contribution in [3.05, 3.63) is 83.1 Å². The molecule has 194 valence electrons. The van der Waals surface area contributed by atoms with Crippen LogP contribution in [-0.2, 0) is 14.3 Å². The van der Waals surface area contributed by atoms with Crippen LogP contribution in [-0.4, -0.2) is 35.9 Å². The zero-order valence-electron chi connectivity index (χ0n) is 21.0. The number of carbonyl (C=O) groups excluding carboxylic acids is 3. The summed E-state index contributed by atoms with van der Waals surface area (Å²) >= 11 is 7.70. The van der Waals surface area contributed by atoms with Crippen LogP contribution in [0, 0.1) is 5.92 Å². The van der Waals surface area contributed by atoms with E-state index in [-0.39, 0.29) is 28.9 Å². The summed E-state index contributed by atoms with van der Waals surface area (Å²) in [6, 6.07) is 18.7. The molecule has 0 saturated carbocycles. The van der Waals surface area contributed by atoms with Crippen LogP contribution in [0.3, 0.4) is 0 Å². The lowest BCUT2D eigenvalue weighted by molar-refractivity contribution is -0.152. The Morgan fingerprint density at radius 3 is 2.41 bits per heavy atom. The fraction of sp³-hybridized carbons (Fsp3) is 0.286. The van der Waals surface area contributed by atoms with E-state index in [1.54, 1.807) is 13.0 Å². The van der Waals surface area contributed by atoms with Gasteiger partial charge in [-0.2, -0.15) is 0 Å². The fourth-order valence-corrected chi connectivity index (χ4v) is 5.06. The van der Waals surface area contributed by atoms with Crippen molar-refractivity contribution in [1.82, 2.24) is 4.98 Å². The first-order chi connectivity index (χ1) is 17.7. The monoisotopic (exact) mass is 541 g/mol. The normalized spacial score (nSPS) is 13.2. The lowest BCUT2D eigenvalue weighted by Gasteiger charge is -2.25. The number of rotatable bonds is 11. The summed E-state index contributed by atoms with van der Waals surface area (Å²) in [6.07, 6.45) is 0.682. The molecule has 3 atom stereocenters. The van der Waals surface area contributed by atoms with Crippen molar-refractivity contribution in [1.29, 1.82) is 0 Å². The van der Waals surface area contributed by atoms with Gasteiger partial charge in [0.05, 0.1) is 18.3 Å². The summed E-state index contributed by atoms with van der Waals surface area (Å²) in [5.41, 5.74) is 0.907. The number of methoxy groups -OCH3 is 1. The van der Waals surface area contributed by atoms with Gasteiger partial charge in [-0.25, -0.2) is 4.98 Å². The summed E-state index contributed by atoms with van der Waals surface area (Å²) in [4.78, 5) is 42.6. The minimum atomic E-state index is -0.763. The molecule has 37 heavy (non-hydrogen) atoms. The Bertz CT molecular complexity index is 1250. The Balaban J connectivity index is 1.74. The van der Waals surface area contributed by atoms with Gasteiger partial charge in [-0.15, -0.1) is 11.8 Å². The van der Waals surface area contributed by atoms with E-state index >= 15 is 0 Å². The summed E-state index contributed by atoms with van der Waals surface area (Å²) in [6.45, 7) is 4.65. The van der Waals surface area contributed by atoms with E-state index in [2.05, 4.69) is 4.98 Å². The molecule has 0 radical (unpaired) electrons. The Labute approximate surface area is 225 Å². The third kappa shape index (κ3) is 7.81. The van der Waals surface area contributed by atoms with Gasteiger partial charge in [-0.1, -0.05) is 54.9 Å². The highest BCUT2D eigenvalue weighted by molar-refractivity contribution is 7.99. The molecular formula is C28H28ClNO6S. The van der Waals surface area contributed by atoms with E-state index in [1.807, 2.05) is 55.5 Å². The van der Waals surface area contributed by atoms with Crippen molar-refractivity contribution in [3.63, 3.8) is 0 Å². The van der Waals surface area contributed by atoms with Gasteiger partial charge < -0.3 is 14.2 Å². The predicted octanol–water partition coefficient (Wildman–Crippen LogP) is 6.34. The standard InChI is InChI=1S/C28H28ClNO6S/c1-17(15-23(32)25-26(36-19(3)31)24(34-4)13-14-30-25)28(33)35-18(2)27(20-9-6-5-7-10-20)37-22-12-8-11-21(29)16-22/h5-14,16-18,27H,15H2,1-4H3/t17-,18+,27+/m1/s1. The van der Waals surface area contributed by atoms with Gasteiger partial charge >= 0.3 is 11.9 Å². The van der Waals surface area contributed by atoms with E-state index in [0.717, 1.165) is 10.5 Å². The first-order valence-corrected chi connectivity index (χ1v) is 12.9. The Morgan fingerprint density at radius 2 is 1.76 bits per heavy atom. The van der Waals surface area contributed by atoms with Crippen LogP contribution in [0.4, 0.5) is 0 Å². The number of benzene rings is 2. The molecule has 2 aromatic carbocycles. The number of pyridine rings is 1. The molecular weight excluding hydrogens is 514 g/mol. The molecule has 0 amide bonds. The second-order valence-corrected chi connectivity index (χ2v) is 10.0. The molecule has 0 aliphatic rings. The largest absolute Gasteiger partial charge is 0.493 e. The molecule has 7 nitrogen and oxygen atoms in total. The fourth-order valence-electron chi connectivity index (χ4n) is 3.62. The van der Waals surface area contributed by atoms with Gasteiger partial charge in [-0.05, 0) is 30.7 Å². The molecule has 9 heteroatoms. The average molecular weight is 542 g/mol. The first-order valence-electron chi connectivity index (χ1n) is 11.6. The number of hydrogen-bond acceptors (Lipinski definition) is 8. The number of ether oxygens (including phenoxy) is 3. The number of hydrogen-bond donors (Lipinski definition) is 0. The van der Waals surface area contributed by atoms with Gasteiger partial charge in [0.1, 0.15) is 6.10 Å². The van der Waals surface area contributed by atoms with Crippen LogP contribution in [0.5, 0.6) is 11.5 Å². The third-order valence-corrected chi connectivity index (χ3v) is 7.08. The highest BCUT2D eigenvalue weighted by Gasteiger charge is 2.29. The van der Waals surface area contributed by atoms with Crippen LogP contribution < -0.4 is 9.47 Å². The average Bonchev–Trinajstić information content (AvgIpc) is 2.87. The van der Waals surface area contributed by atoms with E-state index in [1.165, 1.54) is 38.1 Å². The van der Waals surface area contributed by atoms with Gasteiger partial charge in [0.25, 0.3) is 0 Å². The van der Waals surface area contributed by atoms with Gasteiger partial charge in [-0.3, -0.25) is 14.4 Å². The molecule has 0 N–H and O–H groups in total. The topological polar surface area (TPSA) is 91.8 Å². The summed E-state index contributed by atoms with van der Waals surface area (Å²) in [5, 5.41) is 0.412. The number of ketones is 1. The number of thioether (sulfide) groups is 1.